The van der Waals surface area contributed by atoms with Gasteiger partial charge in [-0.2, -0.15) is 0 Å². The molecule has 2 aliphatic heterocycles. The molecule has 1 spiro atoms. The Morgan fingerprint density at radius 2 is 1.91 bits per heavy atom. The first-order valence-corrected chi connectivity index (χ1v) is 7.97. The molecule has 6 heteroatoms. The molecule has 0 N–H and O–H groups in total. The lowest BCUT2D eigenvalue weighted by atomic mass is 9.72. The number of hydrogen-bond acceptors (Lipinski definition) is 4. The van der Waals surface area contributed by atoms with Crippen molar-refractivity contribution in [3.8, 4) is 0 Å². The summed E-state index contributed by atoms with van der Waals surface area (Å²) in [5.74, 6) is 0.751. The summed E-state index contributed by atoms with van der Waals surface area (Å²) < 4.78 is 5.01. The normalized spacial score (nSPS) is 21.2. The number of hydrogen-bond donors (Lipinski definition) is 0. The highest BCUT2D eigenvalue weighted by Crippen LogP contribution is 2.40. The van der Waals surface area contributed by atoms with Crippen molar-refractivity contribution in [3.63, 3.8) is 0 Å². The van der Waals surface area contributed by atoms with Gasteiger partial charge in [-0.15, -0.1) is 0 Å². The Morgan fingerprint density at radius 3 is 2.50 bits per heavy atom. The van der Waals surface area contributed by atoms with Crippen LogP contribution in [0.1, 0.15) is 48.7 Å². The maximum absolute atomic E-state index is 12.6. The van der Waals surface area contributed by atoms with Gasteiger partial charge in [0.15, 0.2) is 0 Å². The van der Waals surface area contributed by atoms with Crippen molar-refractivity contribution in [2.24, 2.45) is 5.41 Å². The Morgan fingerprint density at radius 1 is 1.18 bits per heavy atom. The summed E-state index contributed by atoms with van der Waals surface area (Å²) in [5, 5.41) is 3.70. The molecule has 2 saturated heterocycles. The molecule has 22 heavy (non-hydrogen) atoms. The zero-order valence-corrected chi connectivity index (χ0v) is 13.3. The number of rotatable bonds is 1. The maximum atomic E-state index is 12.6. The molecule has 6 nitrogen and oxygen atoms in total. The minimum Gasteiger partial charge on any atom is -0.361 e. The Hall–Kier alpha value is -1.85. The van der Waals surface area contributed by atoms with Crippen molar-refractivity contribution < 1.29 is 14.1 Å². The fourth-order valence-corrected chi connectivity index (χ4v) is 3.76. The number of amides is 2. The molecule has 2 amide bonds. The molecule has 0 bridgehead atoms. The molecule has 0 saturated carbocycles. The Labute approximate surface area is 130 Å². The van der Waals surface area contributed by atoms with E-state index in [1.807, 2.05) is 9.80 Å². The van der Waals surface area contributed by atoms with E-state index in [0.29, 0.717) is 11.3 Å². The fraction of sp³-hybridized carbons (Fsp3) is 0.688. The van der Waals surface area contributed by atoms with Crippen molar-refractivity contribution in [3.05, 3.63) is 17.5 Å². The van der Waals surface area contributed by atoms with Crippen LogP contribution in [0, 0.1) is 12.3 Å². The quantitative estimate of drug-likeness (QED) is 0.794. The number of likely N-dealkylation sites (tertiary alicyclic amines) is 2. The summed E-state index contributed by atoms with van der Waals surface area (Å²) in [6.07, 6.45) is 5.65. The second-order valence-corrected chi connectivity index (χ2v) is 6.63. The molecular weight excluding hydrogens is 282 g/mol. The molecule has 0 unspecified atom stereocenters. The number of nitrogens with zero attached hydrogens (tertiary/aromatic N) is 3. The first-order valence-electron chi connectivity index (χ1n) is 7.97. The number of aromatic nitrogens is 1. The molecule has 1 aromatic heterocycles. The molecular formula is C16H23N3O3. The molecule has 0 radical (unpaired) electrons. The SMILES string of the molecule is CC(=O)N1CCC2(CCCN(C(=O)c3cnoc3C)C2)CC1. The van der Waals surface area contributed by atoms with E-state index in [-0.39, 0.29) is 17.2 Å². The van der Waals surface area contributed by atoms with Gasteiger partial charge in [-0.25, -0.2) is 0 Å². The smallest absolute Gasteiger partial charge is 0.259 e. The van der Waals surface area contributed by atoms with Gasteiger partial charge in [0.2, 0.25) is 5.91 Å². The van der Waals surface area contributed by atoms with E-state index in [2.05, 4.69) is 5.16 Å². The molecule has 2 fully saturated rings. The van der Waals surface area contributed by atoms with E-state index in [0.717, 1.165) is 51.9 Å². The van der Waals surface area contributed by atoms with Crippen molar-refractivity contribution in [1.29, 1.82) is 0 Å². The number of aryl methyl sites for hydroxylation is 1. The topological polar surface area (TPSA) is 66.7 Å². The maximum Gasteiger partial charge on any atom is 0.259 e. The number of carbonyl (C=O) groups excluding carboxylic acids is 2. The van der Waals surface area contributed by atoms with Crippen LogP contribution in [0.2, 0.25) is 0 Å². The Kier molecular flexibility index (Phi) is 3.93. The van der Waals surface area contributed by atoms with Gasteiger partial charge in [-0.05, 0) is 38.0 Å². The molecule has 0 atom stereocenters. The standard InChI is InChI=1S/C16H23N3O3/c1-12-14(10-17-22-12)15(21)19-7-3-4-16(11-19)5-8-18(9-6-16)13(2)20/h10H,3-9,11H2,1-2H3. The predicted octanol–water partition coefficient (Wildman–Crippen LogP) is 1.85. The first-order chi connectivity index (χ1) is 10.5. The van der Waals surface area contributed by atoms with Crippen LogP contribution in [0.15, 0.2) is 10.7 Å². The summed E-state index contributed by atoms with van der Waals surface area (Å²) in [4.78, 5) is 28.0. The predicted molar refractivity (Wildman–Crippen MR) is 80.3 cm³/mol. The highest BCUT2D eigenvalue weighted by molar-refractivity contribution is 5.94. The molecule has 2 aliphatic rings. The van der Waals surface area contributed by atoms with Crippen LogP contribution < -0.4 is 0 Å². The largest absolute Gasteiger partial charge is 0.361 e. The van der Waals surface area contributed by atoms with Crippen LogP contribution in [0.5, 0.6) is 0 Å². The zero-order valence-electron chi connectivity index (χ0n) is 13.3. The van der Waals surface area contributed by atoms with Gasteiger partial charge >= 0.3 is 0 Å². The number of piperidine rings is 2. The summed E-state index contributed by atoms with van der Waals surface area (Å²) in [6, 6.07) is 0. The van der Waals surface area contributed by atoms with Gasteiger partial charge in [-0.1, -0.05) is 5.16 Å². The molecule has 0 aromatic carbocycles. The highest BCUT2D eigenvalue weighted by atomic mass is 16.5. The Balaban J connectivity index is 1.69. The van der Waals surface area contributed by atoms with Crippen LogP contribution in [-0.4, -0.2) is 52.9 Å². The van der Waals surface area contributed by atoms with Crippen molar-refractivity contribution in [2.45, 2.75) is 39.5 Å². The van der Waals surface area contributed by atoms with Gasteiger partial charge in [0.05, 0.1) is 6.20 Å². The van der Waals surface area contributed by atoms with E-state index < -0.39 is 0 Å². The monoisotopic (exact) mass is 305 g/mol. The number of carbonyl (C=O) groups is 2. The van der Waals surface area contributed by atoms with E-state index in [1.165, 1.54) is 6.20 Å². The fourth-order valence-electron chi connectivity index (χ4n) is 3.76. The van der Waals surface area contributed by atoms with E-state index in [9.17, 15) is 9.59 Å². The van der Waals surface area contributed by atoms with Crippen LogP contribution in [0.25, 0.3) is 0 Å². The summed E-state index contributed by atoms with van der Waals surface area (Å²) in [5.41, 5.74) is 0.739. The average molecular weight is 305 g/mol. The third-order valence-corrected chi connectivity index (χ3v) is 5.20. The summed E-state index contributed by atoms with van der Waals surface area (Å²) in [7, 11) is 0. The van der Waals surface area contributed by atoms with Crippen molar-refractivity contribution in [2.75, 3.05) is 26.2 Å². The lowest BCUT2D eigenvalue weighted by Crippen LogP contribution is -2.51. The molecule has 3 rings (SSSR count). The highest BCUT2D eigenvalue weighted by Gasteiger charge is 2.40. The lowest BCUT2D eigenvalue weighted by molar-refractivity contribution is -0.131. The Bertz CT molecular complexity index is 573. The van der Waals surface area contributed by atoms with Crippen LogP contribution in [-0.2, 0) is 4.79 Å². The van der Waals surface area contributed by atoms with Gasteiger partial charge in [-0.3, -0.25) is 9.59 Å². The second kappa shape index (κ2) is 5.74. The first kappa shape index (κ1) is 15.1. The van der Waals surface area contributed by atoms with Crippen molar-refractivity contribution in [1.82, 2.24) is 15.0 Å². The van der Waals surface area contributed by atoms with Crippen molar-refractivity contribution >= 4 is 11.8 Å². The molecule has 3 heterocycles. The lowest BCUT2D eigenvalue weighted by Gasteiger charge is -2.47. The van der Waals surface area contributed by atoms with Gasteiger partial charge in [0.1, 0.15) is 11.3 Å². The molecule has 0 aliphatic carbocycles. The van der Waals surface area contributed by atoms with E-state index in [1.54, 1.807) is 13.8 Å². The van der Waals surface area contributed by atoms with Gasteiger partial charge in [0.25, 0.3) is 5.91 Å². The summed E-state index contributed by atoms with van der Waals surface area (Å²) >= 11 is 0. The third-order valence-electron chi connectivity index (χ3n) is 5.20. The van der Waals surface area contributed by atoms with Crippen LogP contribution >= 0.6 is 0 Å². The summed E-state index contributed by atoms with van der Waals surface area (Å²) in [6.45, 7) is 6.59. The second-order valence-electron chi connectivity index (χ2n) is 6.63. The van der Waals surface area contributed by atoms with E-state index >= 15 is 0 Å². The van der Waals surface area contributed by atoms with E-state index in [4.69, 9.17) is 4.52 Å². The van der Waals surface area contributed by atoms with Crippen LogP contribution in [0.3, 0.4) is 0 Å². The van der Waals surface area contributed by atoms with Gasteiger partial charge in [0, 0.05) is 33.1 Å². The minimum atomic E-state index is 0.0202. The van der Waals surface area contributed by atoms with Gasteiger partial charge < -0.3 is 14.3 Å². The zero-order chi connectivity index (χ0) is 15.7. The van der Waals surface area contributed by atoms with Crippen LogP contribution in [0.4, 0.5) is 0 Å². The molecule has 1 aromatic rings. The molecule has 120 valence electrons. The minimum absolute atomic E-state index is 0.0202. The third kappa shape index (κ3) is 2.74. The average Bonchev–Trinajstić information content (AvgIpc) is 2.93.